The molecule has 0 heterocycles. The van der Waals surface area contributed by atoms with Crippen LogP contribution in [0.25, 0.3) is 0 Å². The van der Waals surface area contributed by atoms with Crippen molar-refractivity contribution in [3.8, 4) is 0 Å². The number of nitrogens with two attached hydrogens (primary N) is 1. The number of aliphatic hydroxyl groups is 2. The number of hydrogen-bond donors (Lipinski definition) is 3. The van der Waals surface area contributed by atoms with Gasteiger partial charge in [-0.15, -0.1) is 0 Å². The minimum atomic E-state index is -0.765. The third-order valence-electron chi connectivity index (χ3n) is 3.88. The first-order chi connectivity index (χ1) is 8.00. The number of aliphatic hydroxyl groups excluding tert-OH is 2. The van der Waals surface area contributed by atoms with Gasteiger partial charge in [-0.05, 0) is 24.7 Å². The molecule has 0 aromatic heterocycles. The first-order valence-corrected chi connectivity index (χ1v) is 7.12. The first kappa shape index (κ1) is 14.9. The Kier molecular flexibility index (Phi) is 6.45. The first-order valence-electron chi connectivity index (χ1n) is 7.12. The van der Waals surface area contributed by atoms with Gasteiger partial charge < -0.3 is 15.9 Å². The molecule has 17 heavy (non-hydrogen) atoms. The van der Waals surface area contributed by atoms with E-state index >= 15 is 0 Å². The van der Waals surface area contributed by atoms with E-state index < -0.39 is 12.2 Å². The van der Waals surface area contributed by atoms with Gasteiger partial charge in [0.2, 0.25) is 0 Å². The summed E-state index contributed by atoms with van der Waals surface area (Å²) in [5.41, 5.74) is 6.01. The van der Waals surface area contributed by atoms with Gasteiger partial charge in [0.15, 0.2) is 0 Å². The van der Waals surface area contributed by atoms with Crippen LogP contribution in [-0.4, -0.2) is 28.5 Å². The van der Waals surface area contributed by atoms with Gasteiger partial charge in [0.1, 0.15) is 0 Å². The molecule has 3 atom stereocenters. The Morgan fingerprint density at radius 3 is 2.24 bits per heavy atom. The van der Waals surface area contributed by atoms with E-state index in [9.17, 15) is 10.2 Å². The van der Waals surface area contributed by atoms with Crippen molar-refractivity contribution in [1.29, 1.82) is 0 Å². The Morgan fingerprint density at radius 2 is 1.71 bits per heavy atom. The van der Waals surface area contributed by atoms with Crippen molar-refractivity contribution in [2.75, 3.05) is 0 Å². The highest BCUT2D eigenvalue weighted by Crippen LogP contribution is 2.28. The Hall–Kier alpha value is -0.120. The highest BCUT2D eigenvalue weighted by Gasteiger charge is 2.26. The zero-order valence-corrected chi connectivity index (χ0v) is 11.3. The summed E-state index contributed by atoms with van der Waals surface area (Å²) in [4.78, 5) is 0. The summed E-state index contributed by atoms with van der Waals surface area (Å²) in [6.07, 6.45) is 6.44. The molecule has 1 rings (SSSR count). The van der Waals surface area contributed by atoms with Crippen molar-refractivity contribution in [2.45, 2.75) is 77.0 Å². The molecule has 3 heteroatoms. The van der Waals surface area contributed by atoms with Gasteiger partial charge in [-0.2, -0.15) is 0 Å². The summed E-state index contributed by atoms with van der Waals surface area (Å²) in [6.45, 7) is 4.09. The maximum Gasteiger partial charge on any atom is 0.0949 e. The molecule has 1 saturated carbocycles. The van der Waals surface area contributed by atoms with Crippen LogP contribution in [0.5, 0.6) is 0 Å². The van der Waals surface area contributed by atoms with Crippen LogP contribution in [0.4, 0.5) is 0 Å². The molecule has 1 aliphatic rings. The average Bonchev–Trinajstić information content (AvgIpc) is 2.28. The van der Waals surface area contributed by atoms with Gasteiger partial charge >= 0.3 is 0 Å². The maximum atomic E-state index is 9.99. The molecule has 3 nitrogen and oxygen atoms in total. The molecule has 0 unspecified atom stereocenters. The van der Waals surface area contributed by atoms with E-state index in [2.05, 4.69) is 0 Å². The van der Waals surface area contributed by atoms with Crippen molar-refractivity contribution < 1.29 is 10.2 Å². The highest BCUT2D eigenvalue weighted by molar-refractivity contribution is 4.82. The lowest BCUT2D eigenvalue weighted by Gasteiger charge is -2.29. The van der Waals surface area contributed by atoms with Gasteiger partial charge in [0.25, 0.3) is 0 Å². The fraction of sp³-hybridized carbons (Fsp3) is 1.00. The van der Waals surface area contributed by atoms with Crippen molar-refractivity contribution in [1.82, 2.24) is 0 Å². The molecular weight excluding hydrogens is 214 g/mol. The van der Waals surface area contributed by atoms with Crippen LogP contribution < -0.4 is 5.73 Å². The van der Waals surface area contributed by atoms with Gasteiger partial charge in [-0.3, -0.25) is 0 Å². The summed E-state index contributed by atoms with van der Waals surface area (Å²) in [5.74, 6) is 1.04. The molecule has 1 fully saturated rings. The van der Waals surface area contributed by atoms with Crippen molar-refractivity contribution in [3.05, 3.63) is 0 Å². The number of hydrogen-bond acceptors (Lipinski definition) is 3. The molecule has 102 valence electrons. The quantitative estimate of drug-likeness (QED) is 0.669. The fourth-order valence-electron chi connectivity index (χ4n) is 2.85. The minimum Gasteiger partial charge on any atom is -0.390 e. The van der Waals surface area contributed by atoms with Crippen LogP contribution in [0.2, 0.25) is 0 Å². The summed E-state index contributed by atoms with van der Waals surface area (Å²) in [6, 6.07) is -0.271. The van der Waals surface area contributed by atoms with Crippen LogP contribution in [0, 0.1) is 11.8 Å². The molecule has 0 aromatic rings. The summed E-state index contributed by atoms with van der Waals surface area (Å²) >= 11 is 0. The second-order valence-electron chi connectivity index (χ2n) is 6.09. The topological polar surface area (TPSA) is 66.5 Å². The van der Waals surface area contributed by atoms with E-state index in [1.807, 2.05) is 13.8 Å². The van der Waals surface area contributed by atoms with E-state index in [-0.39, 0.29) is 6.04 Å². The predicted molar refractivity (Wildman–Crippen MR) is 70.6 cm³/mol. The summed E-state index contributed by atoms with van der Waals surface area (Å²) < 4.78 is 0. The predicted octanol–water partition coefficient (Wildman–Crippen LogP) is 2.05. The minimum absolute atomic E-state index is 0.271. The lowest BCUT2D eigenvalue weighted by molar-refractivity contribution is -0.0117. The lowest BCUT2D eigenvalue weighted by atomic mass is 9.83. The summed E-state index contributed by atoms with van der Waals surface area (Å²) in [7, 11) is 0. The van der Waals surface area contributed by atoms with Crippen molar-refractivity contribution in [3.63, 3.8) is 0 Å². The maximum absolute atomic E-state index is 9.99. The van der Waals surface area contributed by atoms with E-state index in [1.165, 1.54) is 32.1 Å². The smallest absolute Gasteiger partial charge is 0.0949 e. The zero-order valence-electron chi connectivity index (χ0n) is 11.3. The second kappa shape index (κ2) is 7.34. The number of rotatable bonds is 6. The molecule has 0 saturated heterocycles. The van der Waals surface area contributed by atoms with Crippen molar-refractivity contribution in [2.24, 2.45) is 17.6 Å². The SMILES string of the molecule is CC(C)C[C@H](O)[C@@H](O)[C@@H](N)CC1CCCCC1. The second-order valence-corrected chi connectivity index (χ2v) is 6.09. The van der Waals surface area contributed by atoms with Crippen molar-refractivity contribution >= 4 is 0 Å². The molecular formula is C14H29NO2. The van der Waals surface area contributed by atoms with Crippen LogP contribution in [0.15, 0.2) is 0 Å². The molecule has 0 spiro atoms. The molecule has 4 N–H and O–H groups in total. The molecule has 0 amide bonds. The normalized spacial score (nSPS) is 23.6. The highest BCUT2D eigenvalue weighted by atomic mass is 16.3. The standard InChI is InChI=1S/C14H29NO2/c1-10(2)8-13(16)14(17)12(15)9-11-6-4-3-5-7-11/h10-14,16-17H,3-9,15H2,1-2H3/t12-,13-,14-/m0/s1. The molecule has 0 aliphatic heterocycles. The zero-order chi connectivity index (χ0) is 12.8. The average molecular weight is 243 g/mol. The van der Waals surface area contributed by atoms with E-state index in [4.69, 9.17) is 5.73 Å². The fourth-order valence-corrected chi connectivity index (χ4v) is 2.85. The largest absolute Gasteiger partial charge is 0.390 e. The van der Waals surface area contributed by atoms with Crippen LogP contribution in [0.3, 0.4) is 0 Å². The Morgan fingerprint density at radius 1 is 1.12 bits per heavy atom. The monoisotopic (exact) mass is 243 g/mol. The molecule has 1 aliphatic carbocycles. The van der Waals surface area contributed by atoms with Gasteiger partial charge in [0, 0.05) is 6.04 Å². The van der Waals surface area contributed by atoms with Crippen LogP contribution in [-0.2, 0) is 0 Å². The van der Waals surface area contributed by atoms with Crippen LogP contribution >= 0.6 is 0 Å². The summed E-state index contributed by atoms with van der Waals surface area (Å²) in [5, 5.41) is 19.8. The van der Waals surface area contributed by atoms with E-state index in [0.717, 1.165) is 6.42 Å². The Labute approximate surface area is 105 Å². The Balaban J connectivity index is 2.31. The van der Waals surface area contributed by atoms with Gasteiger partial charge in [-0.1, -0.05) is 46.0 Å². The molecule has 0 aromatic carbocycles. The van der Waals surface area contributed by atoms with E-state index in [1.54, 1.807) is 0 Å². The van der Waals surface area contributed by atoms with E-state index in [0.29, 0.717) is 18.3 Å². The molecule has 0 radical (unpaired) electrons. The lowest BCUT2D eigenvalue weighted by Crippen LogP contribution is -2.44. The van der Waals surface area contributed by atoms with Crippen LogP contribution in [0.1, 0.15) is 58.8 Å². The van der Waals surface area contributed by atoms with Gasteiger partial charge in [-0.25, -0.2) is 0 Å². The van der Waals surface area contributed by atoms with Gasteiger partial charge in [0.05, 0.1) is 12.2 Å². The third kappa shape index (κ3) is 5.36. The third-order valence-corrected chi connectivity index (χ3v) is 3.88. The Bertz CT molecular complexity index is 202. The molecule has 0 bridgehead atoms.